The fourth-order valence-corrected chi connectivity index (χ4v) is 4.92. The summed E-state index contributed by atoms with van der Waals surface area (Å²) < 4.78 is 26.8. The van der Waals surface area contributed by atoms with E-state index in [9.17, 15) is 13.6 Å². The van der Waals surface area contributed by atoms with Crippen molar-refractivity contribution in [1.82, 2.24) is 19.9 Å². The van der Waals surface area contributed by atoms with E-state index >= 15 is 0 Å². The van der Waals surface area contributed by atoms with Crippen LogP contribution in [0.15, 0.2) is 36.7 Å². The van der Waals surface area contributed by atoms with E-state index in [1.807, 2.05) is 4.90 Å². The van der Waals surface area contributed by atoms with Crippen molar-refractivity contribution >= 4 is 22.8 Å². The second-order valence-electron chi connectivity index (χ2n) is 9.38. The highest BCUT2D eigenvalue weighted by Gasteiger charge is 2.36. The number of rotatable bonds is 4. The zero-order chi connectivity index (χ0) is 23.0. The van der Waals surface area contributed by atoms with E-state index in [-0.39, 0.29) is 24.7 Å². The molecule has 0 unspecified atom stereocenters. The Morgan fingerprint density at radius 2 is 1.79 bits per heavy atom. The number of anilines is 1. The van der Waals surface area contributed by atoms with E-state index in [0.29, 0.717) is 45.4 Å². The van der Waals surface area contributed by atoms with Crippen LogP contribution in [0.4, 0.5) is 14.6 Å². The fourth-order valence-electron chi connectivity index (χ4n) is 4.92. The summed E-state index contributed by atoms with van der Waals surface area (Å²) in [7, 11) is 0. The first kappa shape index (κ1) is 21.8. The molecule has 1 saturated heterocycles. The highest BCUT2D eigenvalue weighted by atomic mass is 19.3. The summed E-state index contributed by atoms with van der Waals surface area (Å²) in [6.45, 7) is 4.67. The molecule has 1 saturated carbocycles. The zero-order valence-electron chi connectivity index (χ0n) is 18.9. The van der Waals surface area contributed by atoms with Gasteiger partial charge in [0.2, 0.25) is 11.8 Å². The summed E-state index contributed by atoms with van der Waals surface area (Å²) in [6, 6.07) is 10.4. The third-order valence-corrected chi connectivity index (χ3v) is 7.00. The molecule has 2 fully saturated rings. The van der Waals surface area contributed by atoms with Gasteiger partial charge in [-0.05, 0) is 37.3 Å². The van der Waals surface area contributed by atoms with Crippen LogP contribution in [0.1, 0.15) is 37.7 Å². The Morgan fingerprint density at radius 3 is 2.48 bits per heavy atom. The number of amides is 1. The Kier molecular flexibility index (Phi) is 5.76. The van der Waals surface area contributed by atoms with Crippen LogP contribution in [0.5, 0.6) is 0 Å². The van der Waals surface area contributed by atoms with Gasteiger partial charge in [0, 0.05) is 51.1 Å². The van der Waals surface area contributed by atoms with Gasteiger partial charge in [-0.1, -0.05) is 29.8 Å². The lowest BCUT2D eigenvalue weighted by atomic mass is 9.84. The number of aromatic nitrogens is 3. The molecule has 2 aromatic heterocycles. The average molecular weight is 454 g/mol. The van der Waals surface area contributed by atoms with E-state index in [1.165, 1.54) is 5.56 Å². The van der Waals surface area contributed by atoms with Crippen molar-refractivity contribution in [2.45, 2.75) is 45.0 Å². The largest absolute Gasteiger partial charge is 0.352 e. The number of alkyl halides is 2. The fraction of sp³-hybridized carbons (Fsp3) is 0.480. The maximum absolute atomic E-state index is 13.4. The highest BCUT2D eigenvalue weighted by Crippen LogP contribution is 2.37. The van der Waals surface area contributed by atoms with E-state index in [2.05, 4.69) is 57.1 Å². The van der Waals surface area contributed by atoms with E-state index in [4.69, 9.17) is 0 Å². The first-order valence-electron chi connectivity index (χ1n) is 11.7. The Morgan fingerprint density at radius 1 is 1.09 bits per heavy atom. The monoisotopic (exact) mass is 453 g/mol. The van der Waals surface area contributed by atoms with Crippen LogP contribution in [0.2, 0.25) is 0 Å². The Labute approximate surface area is 192 Å². The van der Waals surface area contributed by atoms with Crippen molar-refractivity contribution in [3.05, 3.63) is 42.2 Å². The molecular weight excluding hydrogens is 424 g/mol. The van der Waals surface area contributed by atoms with E-state index in [1.54, 1.807) is 6.33 Å². The van der Waals surface area contributed by atoms with Crippen LogP contribution in [0.25, 0.3) is 22.3 Å². The number of hydrogen-bond acceptors (Lipinski definition) is 4. The standard InChI is InChI=1S/C25H29F2N5O/c1-17-2-4-19(5-3-17)21-15-20-23(30-21)28-16-29-24(20)32-12-10-31(11-13-32)22(33)14-18-6-8-25(26,27)9-7-18/h2-5,15-16,18H,6-14H2,1H3,(H,28,29,30). The molecule has 2 aliphatic rings. The van der Waals surface area contributed by atoms with Gasteiger partial charge in [-0.15, -0.1) is 0 Å². The number of piperazine rings is 1. The molecule has 1 aromatic carbocycles. The van der Waals surface area contributed by atoms with Gasteiger partial charge in [0.05, 0.1) is 5.39 Å². The van der Waals surface area contributed by atoms with Crippen LogP contribution in [0.3, 0.4) is 0 Å². The first-order valence-corrected chi connectivity index (χ1v) is 11.7. The maximum atomic E-state index is 13.4. The number of H-pyrrole nitrogens is 1. The Bertz CT molecular complexity index is 1130. The van der Waals surface area contributed by atoms with Gasteiger partial charge in [0.15, 0.2) is 0 Å². The van der Waals surface area contributed by atoms with Gasteiger partial charge in [-0.2, -0.15) is 0 Å². The summed E-state index contributed by atoms with van der Waals surface area (Å²) in [6.07, 6.45) is 2.64. The lowest BCUT2D eigenvalue weighted by Gasteiger charge is -2.36. The predicted molar refractivity (Wildman–Crippen MR) is 124 cm³/mol. The third-order valence-electron chi connectivity index (χ3n) is 7.00. The van der Waals surface area contributed by atoms with Gasteiger partial charge in [0.1, 0.15) is 17.8 Å². The average Bonchev–Trinajstić information content (AvgIpc) is 3.25. The molecule has 1 amide bonds. The third kappa shape index (κ3) is 4.70. The molecule has 0 radical (unpaired) electrons. The summed E-state index contributed by atoms with van der Waals surface area (Å²) in [5, 5.41) is 0.969. The van der Waals surface area contributed by atoms with Crippen LogP contribution in [-0.4, -0.2) is 57.9 Å². The Balaban J connectivity index is 1.24. The molecular formula is C25H29F2N5O. The Hall–Kier alpha value is -3.03. The number of aryl methyl sites for hydroxylation is 1. The SMILES string of the molecule is Cc1ccc(-c2cc3c(N4CCN(C(=O)CC5CCC(F)(F)CC5)CC4)ncnc3[nH]2)cc1. The number of carbonyl (C=O) groups excluding carboxylic acids is 1. The molecule has 0 spiro atoms. The molecule has 1 aliphatic carbocycles. The molecule has 0 atom stereocenters. The summed E-state index contributed by atoms with van der Waals surface area (Å²) >= 11 is 0. The second kappa shape index (κ2) is 8.72. The second-order valence-corrected chi connectivity index (χ2v) is 9.38. The maximum Gasteiger partial charge on any atom is 0.248 e. The minimum absolute atomic E-state index is 0.0803. The van der Waals surface area contributed by atoms with Crippen molar-refractivity contribution in [2.24, 2.45) is 5.92 Å². The predicted octanol–water partition coefficient (Wildman–Crippen LogP) is 4.80. The number of benzene rings is 1. The van der Waals surface area contributed by atoms with Crippen molar-refractivity contribution in [2.75, 3.05) is 31.1 Å². The number of hydrogen-bond donors (Lipinski definition) is 1. The van der Waals surface area contributed by atoms with Crippen molar-refractivity contribution in [3.63, 3.8) is 0 Å². The minimum Gasteiger partial charge on any atom is -0.352 e. The smallest absolute Gasteiger partial charge is 0.248 e. The molecule has 0 bridgehead atoms. The summed E-state index contributed by atoms with van der Waals surface area (Å²) in [4.78, 5) is 29.2. The van der Waals surface area contributed by atoms with Gasteiger partial charge in [0.25, 0.3) is 0 Å². The summed E-state index contributed by atoms with van der Waals surface area (Å²) in [5.74, 6) is -1.51. The van der Waals surface area contributed by atoms with Gasteiger partial charge < -0.3 is 14.8 Å². The molecule has 3 aromatic rings. The zero-order valence-corrected chi connectivity index (χ0v) is 18.9. The molecule has 3 heterocycles. The first-order chi connectivity index (χ1) is 15.9. The van der Waals surface area contributed by atoms with E-state index < -0.39 is 5.92 Å². The molecule has 6 nitrogen and oxygen atoms in total. The number of halogens is 2. The molecule has 8 heteroatoms. The minimum atomic E-state index is -2.55. The number of aromatic amines is 1. The molecule has 33 heavy (non-hydrogen) atoms. The van der Waals surface area contributed by atoms with Gasteiger partial charge >= 0.3 is 0 Å². The molecule has 5 rings (SSSR count). The van der Waals surface area contributed by atoms with Crippen LogP contribution in [0, 0.1) is 12.8 Å². The lowest BCUT2D eigenvalue weighted by Crippen LogP contribution is -2.49. The number of nitrogens with zero attached hydrogens (tertiary/aromatic N) is 4. The number of carbonyl (C=O) groups is 1. The van der Waals surface area contributed by atoms with Crippen molar-refractivity contribution < 1.29 is 13.6 Å². The number of nitrogens with one attached hydrogen (secondary N) is 1. The van der Waals surface area contributed by atoms with Gasteiger partial charge in [-0.25, -0.2) is 18.7 Å². The number of fused-ring (bicyclic) bond motifs is 1. The summed E-state index contributed by atoms with van der Waals surface area (Å²) in [5.41, 5.74) is 4.10. The van der Waals surface area contributed by atoms with Crippen LogP contribution >= 0.6 is 0 Å². The molecule has 1 N–H and O–H groups in total. The normalized spacial score (nSPS) is 19.2. The van der Waals surface area contributed by atoms with Crippen LogP contribution in [-0.2, 0) is 4.79 Å². The molecule has 174 valence electrons. The van der Waals surface area contributed by atoms with Gasteiger partial charge in [-0.3, -0.25) is 4.79 Å². The van der Waals surface area contributed by atoms with Crippen molar-refractivity contribution in [3.8, 4) is 11.3 Å². The quantitative estimate of drug-likeness (QED) is 0.617. The van der Waals surface area contributed by atoms with Crippen molar-refractivity contribution in [1.29, 1.82) is 0 Å². The topological polar surface area (TPSA) is 65.1 Å². The molecule has 1 aliphatic heterocycles. The highest BCUT2D eigenvalue weighted by molar-refractivity contribution is 5.92. The lowest BCUT2D eigenvalue weighted by molar-refractivity contribution is -0.133. The van der Waals surface area contributed by atoms with E-state index in [0.717, 1.165) is 28.1 Å². The van der Waals surface area contributed by atoms with Crippen LogP contribution < -0.4 is 4.90 Å².